The zero-order chi connectivity index (χ0) is 19.2. The first-order valence-electron chi connectivity index (χ1n) is 9.84. The van der Waals surface area contributed by atoms with Gasteiger partial charge in [-0.15, -0.1) is 0 Å². The van der Waals surface area contributed by atoms with Crippen LogP contribution in [0.4, 0.5) is 0 Å². The first kappa shape index (κ1) is 19.7. The molecule has 1 aliphatic heterocycles. The van der Waals surface area contributed by atoms with Crippen LogP contribution in [0.25, 0.3) is 0 Å². The van der Waals surface area contributed by atoms with Crippen LogP contribution in [-0.4, -0.2) is 54.8 Å². The molecule has 1 amide bonds. The minimum absolute atomic E-state index is 0.0124. The Balaban J connectivity index is 1.72. The molecule has 1 N–H and O–H groups in total. The van der Waals surface area contributed by atoms with Gasteiger partial charge < -0.3 is 19.5 Å². The molecule has 0 saturated carbocycles. The fraction of sp³-hybridized carbons (Fsp3) is 0.619. The molecule has 1 fully saturated rings. The van der Waals surface area contributed by atoms with Crippen molar-refractivity contribution >= 4 is 11.9 Å². The summed E-state index contributed by atoms with van der Waals surface area (Å²) in [6.07, 6.45) is 5.06. The molecule has 1 atom stereocenters. The molecule has 6 heteroatoms. The SMILES string of the molecule is COc1ccc2c(c1)CCC[C@@H]2CC(=O)N(CCC(=O)O)C1CCOCC1. The number of hydrogen-bond acceptors (Lipinski definition) is 4. The zero-order valence-corrected chi connectivity index (χ0v) is 16.0. The lowest BCUT2D eigenvalue weighted by atomic mass is 9.80. The van der Waals surface area contributed by atoms with Crippen LogP contribution in [-0.2, 0) is 20.7 Å². The summed E-state index contributed by atoms with van der Waals surface area (Å²) in [5.74, 6) is 0.247. The van der Waals surface area contributed by atoms with Crippen molar-refractivity contribution < 1.29 is 24.2 Å². The van der Waals surface area contributed by atoms with E-state index in [2.05, 4.69) is 12.1 Å². The number of carbonyl (C=O) groups is 2. The molecule has 0 radical (unpaired) electrons. The number of carboxylic acid groups (broad SMARTS) is 1. The highest BCUT2D eigenvalue weighted by molar-refractivity contribution is 5.78. The lowest BCUT2D eigenvalue weighted by molar-refractivity contribution is -0.140. The van der Waals surface area contributed by atoms with Gasteiger partial charge in [0.2, 0.25) is 5.91 Å². The monoisotopic (exact) mass is 375 g/mol. The third kappa shape index (κ3) is 5.01. The maximum absolute atomic E-state index is 13.1. The highest BCUT2D eigenvalue weighted by Crippen LogP contribution is 2.36. The van der Waals surface area contributed by atoms with Crippen molar-refractivity contribution in [2.24, 2.45) is 0 Å². The van der Waals surface area contributed by atoms with Gasteiger partial charge in [0.05, 0.1) is 13.5 Å². The lowest BCUT2D eigenvalue weighted by Crippen LogP contribution is -2.45. The topological polar surface area (TPSA) is 76.1 Å². The summed E-state index contributed by atoms with van der Waals surface area (Å²) < 4.78 is 10.7. The van der Waals surface area contributed by atoms with E-state index in [0.29, 0.717) is 19.6 Å². The Morgan fingerprint density at radius 1 is 1.26 bits per heavy atom. The van der Waals surface area contributed by atoms with Gasteiger partial charge in [0.1, 0.15) is 5.75 Å². The third-order valence-corrected chi connectivity index (χ3v) is 5.73. The number of ether oxygens (including phenoxy) is 2. The summed E-state index contributed by atoms with van der Waals surface area (Å²) in [6, 6.07) is 6.21. The van der Waals surface area contributed by atoms with E-state index in [1.54, 1.807) is 12.0 Å². The Kier molecular flexibility index (Phi) is 6.72. The molecule has 1 aliphatic carbocycles. The van der Waals surface area contributed by atoms with E-state index >= 15 is 0 Å². The van der Waals surface area contributed by atoms with Crippen LogP contribution in [0.5, 0.6) is 5.75 Å². The second-order valence-electron chi connectivity index (χ2n) is 7.43. The molecule has 0 unspecified atom stereocenters. The first-order valence-corrected chi connectivity index (χ1v) is 9.84. The van der Waals surface area contributed by atoms with E-state index in [1.165, 1.54) is 11.1 Å². The van der Waals surface area contributed by atoms with E-state index in [4.69, 9.17) is 14.6 Å². The Morgan fingerprint density at radius 2 is 2.04 bits per heavy atom. The number of aliphatic carboxylic acids is 1. The molecule has 0 aromatic heterocycles. The van der Waals surface area contributed by atoms with Crippen LogP contribution < -0.4 is 4.74 Å². The van der Waals surface area contributed by atoms with E-state index in [9.17, 15) is 9.59 Å². The van der Waals surface area contributed by atoms with Gasteiger partial charge in [-0.05, 0) is 61.3 Å². The number of carboxylic acids is 1. The maximum Gasteiger partial charge on any atom is 0.305 e. The Hall–Kier alpha value is -2.08. The number of fused-ring (bicyclic) bond motifs is 1. The predicted molar refractivity (Wildman–Crippen MR) is 101 cm³/mol. The quantitative estimate of drug-likeness (QED) is 0.793. The summed E-state index contributed by atoms with van der Waals surface area (Å²) in [5, 5.41) is 9.07. The van der Waals surface area contributed by atoms with E-state index in [0.717, 1.165) is 37.9 Å². The highest BCUT2D eigenvalue weighted by Gasteiger charge is 2.30. The summed E-state index contributed by atoms with van der Waals surface area (Å²) in [6.45, 7) is 1.54. The molecule has 3 rings (SSSR count). The largest absolute Gasteiger partial charge is 0.497 e. The second kappa shape index (κ2) is 9.22. The number of aryl methyl sites for hydroxylation is 1. The minimum atomic E-state index is -0.866. The summed E-state index contributed by atoms with van der Waals surface area (Å²) >= 11 is 0. The van der Waals surface area contributed by atoms with Crippen LogP contribution in [0, 0.1) is 0 Å². The molecule has 27 heavy (non-hydrogen) atoms. The minimum Gasteiger partial charge on any atom is -0.497 e. The van der Waals surface area contributed by atoms with Crippen molar-refractivity contribution in [2.45, 2.75) is 56.9 Å². The summed E-state index contributed by atoms with van der Waals surface area (Å²) in [5.41, 5.74) is 2.50. The number of carbonyl (C=O) groups excluding carboxylic acids is 1. The van der Waals surface area contributed by atoms with Crippen LogP contribution in [0.1, 0.15) is 55.6 Å². The average Bonchev–Trinajstić information content (AvgIpc) is 2.68. The average molecular weight is 375 g/mol. The molecular weight excluding hydrogens is 346 g/mol. The number of benzene rings is 1. The lowest BCUT2D eigenvalue weighted by Gasteiger charge is -2.35. The predicted octanol–water partition coefficient (Wildman–Crippen LogP) is 2.99. The fourth-order valence-corrected chi connectivity index (χ4v) is 4.28. The molecule has 6 nitrogen and oxygen atoms in total. The molecule has 0 bridgehead atoms. The van der Waals surface area contributed by atoms with Crippen LogP contribution in [0.2, 0.25) is 0 Å². The molecule has 2 aliphatic rings. The maximum atomic E-state index is 13.1. The highest BCUT2D eigenvalue weighted by atomic mass is 16.5. The molecular formula is C21H29NO5. The first-order chi connectivity index (χ1) is 13.1. The van der Waals surface area contributed by atoms with E-state index in [1.807, 2.05) is 6.07 Å². The second-order valence-corrected chi connectivity index (χ2v) is 7.43. The fourth-order valence-electron chi connectivity index (χ4n) is 4.28. The number of amides is 1. The molecule has 1 heterocycles. The van der Waals surface area contributed by atoms with Crippen molar-refractivity contribution in [3.05, 3.63) is 29.3 Å². The number of nitrogens with zero attached hydrogens (tertiary/aromatic N) is 1. The van der Waals surface area contributed by atoms with Gasteiger partial charge >= 0.3 is 5.97 Å². The van der Waals surface area contributed by atoms with Gasteiger partial charge in [0, 0.05) is 32.2 Å². The molecule has 148 valence electrons. The Morgan fingerprint density at radius 3 is 2.74 bits per heavy atom. The zero-order valence-electron chi connectivity index (χ0n) is 16.0. The van der Waals surface area contributed by atoms with Crippen molar-refractivity contribution in [1.29, 1.82) is 0 Å². The van der Waals surface area contributed by atoms with Gasteiger partial charge in [0.25, 0.3) is 0 Å². The van der Waals surface area contributed by atoms with Crippen molar-refractivity contribution in [1.82, 2.24) is 4.90 Å². The Labute approximate surface area is 160 Å². The van der Waals surface area contributed by atoms with Crippen LogP contribution in [0.3, 0.4) is 0 Å². The Bertz CT molecular complexity index is 669. The van der Waals surface area contributed by atoms with Crippen LogP contribution in [0.15, 0.2) is 18.2 Å². The van der Waals surface area contributed by atoms with Crippen molar-refractivity contribution in [2.75, 3.05) is 26.9 Å². The standard InChI is InChI=1S/C21H29NO5/c1-26-18-5-6-19-15(13-18)3-2-4-16(19)14-20(23)22(10-7-21(24)25)17-8-11-27-12-9-17/h5-6,13,16-17H,2-4,7-12,14H2,1H3,(H,24,25)/t16-/m1/s1. The third-order valence-electron chi connectivity index (χ3n) is 5.73. The smallest absolute Gasteiger partial charge is 0.305 e. The van der Waals surface area contributed by atoms with E-state index < -0.39 is 5.97 Å². The molecule has 1 aromatic rings. The van der Waals surface area contributed by atoms with Crippen LogP contribution >= 0.6 is 0 Å². The number of methoxy groups -OCH3 is 1. The molecule has 1 saturated heterocycles. The van der Waals surface area contributed by atoms with E-state index in [-0.39, 0.29) is 30.8 Å². The number of rotatable bonds is 7. The van der Waals surface area contributed by atoms with Gasteiger partial charge in [-0.3, -0.25) is 9.59 Å². The molecule has 0 spiro atoms. The van der Waals surface area contributed by atoms with Gasteiger partial charge in [-0.2, -0.15) is 0 Å². The van der Waals surface area contributed by atoms with Gasteiger partial charge in [0.15, 0.2) is 0 Å². The summed E-state index contributed by atoms with van der Waals surface area (Å²) in [7, 11) is 1.67. The normalized spacial score (nSPS) is 20.0. The van der Waals surface area contributed by atoms with Gasteiger partial charge in [-0.25, -0.2) is 0 Å². The van der Waals surface area contributed by atoms with Crippen molar-refractivity contribution in [3.63, 3.8) is 0 Å². The van der Waals surface area contributed by atoms with Crippen molar-refractivity contribution in [3.8, 4) is 5.75 Å². The number of hydrogen-bond donors (Lipinski definition) is 1. The molecule has 1 aromatic carbocycles. The van der Waals surface area contributed by atoms with Gasteiger partial charge in [-0.1, -0.05) is 6.07 Å². The summed E-state index contributed by atoms with van der Waals surface area (Å²) in [4.78, 5) is 26.0.